The summed E-state index contributed by atoms with van der Waals surface area (Å²) in [5.41, 5.74) is -0.997. The van der Waals surface area contributed by atoms with Crippen LogP contribution < -0.4 is 5.32 Å². The third-order valence-corrected chi connectivity index (χ3v) is 3.70. The minimum Gasteiger partial charge on any atom is -0.481 e. The van der Waals surface area contributed by atoms with Crippen LogP contribution in [0.5, 0.6) is 0 Å². The van der Waals surface area contributed by atoms with Crippen molar-refractivity contribution in [3.63, 3.8) is 0 Å². The van der Waals surface area contributed by atoms with Crippen molar-refractivity contribution in [1.82, 2.24) is 10.2 Å². The van der Waals surface area contributed by atoms with Crippen LogP contribution in [0.25, 0.3) is 0 Å². The number of likely N-dealkylation sites (tertiary alicyclic amines) is 1. The van der Waals surface area contributed by atoms with Crippen LogP contribution in [0, 0.1) is 5.92 Å². The number of alkyl halides is 3. The number of carboxylic acid groups (broad SMARTS) is 1. The zero-order valence-electron chi connectivity index (χ0n) is 12.4. The monoisotopic (exact) mass is 324 g/mol. The summed E-state index contributed by atoms with van der Waals surface area (Å²) in [6.45, 7) is 1.55. The number of carbonyl (C=O) groups excluding carboxylic acids is 2. The van der Waals surface area contributed by atoms with Gasteiger partial charge in [-0.15, -0.1) is 0 Å². The molecule has 0 aliphatic carbocycles. The van der Waals surface area contributed by atoms with Crippen molar-refractivity contribution in [2.45, 2.75) is 44.8 Å². The largest absolute Gasteiger partial charge is 0.481 e. The summed E-state index contributed by atoms with van der Waals surface area (Å²) in [5.74, 6) is -3.31. The summed E-state index contributed by atoms with van der Waals surface area (Å²) < 4.78 is 37.0. The Hall–Kier alpha value is -1.80. The highest BCUT2D eigenvalue weighted by atomic mass is 19.4. The van der Waals surface area contributed by atoms with Crippen molar-refractivity contribution in [2.75, 3.05) is 13.1 Å². The van der Waals surface area contributed by atoms with Gasteiger partial charge in [0.25, 0.3) is 0 Å². The first kappa shape index (κ1) is 18.2. The van der Waals surface area contributed by atoms with Gasteiger partial charge in [-0.05, 0) is 13.3 Å². The number of halogens is 3. The highest BCUT2D eigenvalue weighted by molar-refractivity contribution is 5.89. The molecular weight excluding hydrogens is 305 g/mol. The second kappa shape index (κ2) is 6.53. The van der Waals surface area contributed by atoms with Crippen molar-refractivity contribution >= 4 is 17.8 Å². The molecule has 1 aliphatic rings. The Bertz CT molecular complexity index is 467. The molecule has 1 saturated heterocycles. The van der Waals surface area contributed by atoms with Gasteiger partial charge in [-0.3, -0.25) is 14.4 Å². The third-order valence-electron chi connectivity index (χ3n) is 3.70. The van der Waals surface area contributed by atoms with Crippen molar-refractivity contribution in [1.29, 1.82) is 0 Å². The average molecular weight is 324 g/mol. The van der Waals surface area contributed by atoms with Crippen LogP contribution in [0.15, 0.2) is 0 Å². The Kier molecular flexibility index (Phi) is 5.42. The maximum absolute atomic E-state index is 12.3. The van der Waals surface area contributed by atoms with Gasteiger partial charge in [-0.25, -0.2) is 0 Å². The van der Waals surface area contributed by atoms with Crippen LogP contribution in [-0.4, -0.2) is 52.6 Å². The van der Waals surface area contributed by atoms with E-state index in [9.17, 15) is 27.6 Å². The van der Waals surface area contributed by atoms with Crippen LogP contribution in [-0.2, 0) is 14.4 Å². The number of nitrogens with zero attached hydrogens (tertiary/aromatic N) is 1. The van der Waals surface area contributed by atoms with Gasteiger partial charge in [0.1, 0.15) is 6.54 Å². The molecule has 0 radical (unpaired) electrons. The van der Waals surface area contributed by atoms with Gasteiger partial charge in [-0.2, -0.15) is 13.2 Å². The van der Waals surface area contributed by atoms with Gasteiger partial charge >= 0.3 is 12.1 Å². The quantitative estimate of drug-likeness (QED) is 0.767. The van der Waals surface area contributed by atoms with Gasteiger partial charge < -0.3 is 15.3 Å². The molecule has 9 heteroatoms. The zero-order valence-corrected chi connectivity index (χ0v) is 12.4. The second-order valence-corrected chi connectivity index (χ2v) is 5.76. The maximum atomic E-state index is 12.3. The topological polar surface area (TPSA) is 86.7 Å². The van der Waals surface area contributed by atoms with E-state index in [4.69, 9.17) is 5.11 Å². The number of amides is 2. The lowest BCUT2D eigenvalue weighted by molar-refractivity contribution is -0.157. The first-order valence-electron chi connectivity index (χ1n) is 6.84. The predicted octanol–water partition coefficient (Wildman–Crippen LogP) is 1.16. The van der Waals surface area contributed by atoms with Gasteiger partial charge in [0.15, 0.2) is 0 Å². The number of carboxylic acids is 1. The van der Waals surface area contributed by atoms with Gasteiger partial charge in [0, 0.05) is 18.5 Å². The van der Waals surface area contributed by atoms with E-state index in [1.807, 2.05) is 0 Å². The summed E-state index contributed by atoms with van der Waals surface area (Å²) in [4.78, 5) is 35.0. The molecule has 1 fully saturated rings. The van der Waals surface area contributed by atoms with Crippen LogP contribution in [0.2, 0.25) is 0 Å². The van der Waals surface area contributed by atoms with Crippen molar-refractivity contribution in [3.8, 4) is 0 Å². The van der Waals surface area contributed by atoms with E-state index in [2.05, 4.69) is 5.32 Å². The van der Waals surface area contributed by atoms with Crippen molar-refractivity contribution in [3.05, 3.63) is 0 Å². The highest BCUT2D eigenvalue weighted by Crippen LogP contribution is 2.25. The van der Waals surface area contributed by atoms with Gasteiger partial charge in [-0.1, -0.05) is 6.92 Å². The predicted molar refractivity (Wildman–Crippen MR) is 69.8 cm³/mol. The molecule has 0 aromatic carbocycles. The van der Waals surface area contributed by atoms with Crippen molar-refractivity contribution in [2.24, 2.45) is 5.92 Å². The lowest BCUT2D eigenvalue weighted by Gasteiger charge is -2.29. The summed E-state index contributed by atoms with van der Waals surface area (Å²) in [6, 6.07) is 0. The van der Waals surface area contributed by atoms with Gasteiger partial charge in [0.05, 0.1) is 12.3 Å². The average Bonchev–Trinajstić information content (AvgIpc) is 2.67. The Labute approximate surface area is 125 Å². The van der Waals surface area contributed by atoms with Gasteiger partial charge in [0.2, 0.25) is 11.8 Å². The van der Waals surface area contributed by atoms with Crippen LogP contribution in [0.4, 0.5) is 13.2 Å². The lowest BCUT2D eigenvalue weighted by Crippen LogP contribution is -2.49. The first-order valence-corrected chi connectivity index (χ1v) is 6.84. The Morgan fingerprint density at radius 1 is 1.41 bits per heavy atom. The molecule has 1 heterocycles. The maximum Gasteiger partial charge on any atom is 0.406 e. The standard InChI is InChI=1S/C13H19F3N2O4/c1-3-12(2,5-10(20)21)17-11(22)8-4-9(19)18(6-8)7-13(14,15)16/h8H,3-7H2,1-2H3,(H,17,22)(H,20,21)/t8-,12+/m1/s1. The molecule has 0 bridgehead atoms. The molecule has 0 spiro atoms. The Morgan fingerprint density at radius 3 is 2.45 bits per heavy atom. The second-order valence-electron chi connectivity index (χ2n) is 5.76. The Morgan fingerprint density at radius 2 is 2.00 bits per heavy atom. The van der Waals surface area contributed by atoms with Crippen LogP contribution >= 0.6 is 0 Å². The summed E-state index contributed by atoms with van der Waals surface area (Å²) in [6.07, 6.45) is -4.77. The number of nitrogens with one attached hydrogen (secondary N) is 1. The fraction of sp³-hybridized carbons (Fsp3) is 0.769. The summed E-state index contributed by atoms with van der Waals surface area (Å²) in [7, 11) is 0. The fourth-order valence-electron chi connectivity index (χ4n) is 2.31. The highest BCUT2D eigenvalue weighted by Gasteiger charge is 2.41. The number of hydrogen-bond acceptors (Lipinski definition) is 3. The number of carbonyl (C=O) groups is 3. The molecule has 1 aliphatic heterocycles. The molecule has 0 aromatic heterocycles. The van der Waals surface area contributed by atoms with Crippen LogP contribution in [0.3, 0.4) is 0 Å². The van der Waals surface area contributed by atoms with E-state index < -0.39 is 42.0 Å². The minimum absolute atomic E-state index is 0.297. The molecule has 2 amide bonds. The first-order chi connectivity index (χ1) is 9.96. The molecule has 0 unspecified atom stereocenters. The zero-order chi connectivity index (χ0) is 17.1. The van der Waals surface area contributed by atoms with Crippen molar-refractivity contribution < 1.29 is 32.7 Å². The number of aliphatic carboxylic acids is 1. The molecule has 22 heavy (non-hydrogen) atoms. The van der Waals surface area contributed by atoms with E-state index in [0.29, 0.717) is 11.3 Å². The number of hydrogen-bond donors (Lipinski definition) is 2. The van der Waals surface area contributed by atoms with E-state index in [1.54, 1.807) is 13.8 Å². The van der Waals surface area contributed by atoms with E-state index in [0.717, 1.165) is 0 Å². The van der Waals surface area contributed by atoms with E-state index >= 15 is 0 Å². The molecule has 6 nitrogen and oxygen atoms in total. The summed E-state index contributed by atoms with van der Waals surface area (Å²) >= 11 is 0. The molecule has 126 valence electrons. The molecule has 2 atom stereocenters. The SMILES string of the molecule is CC[C@@](C)(CC(=O)O)NC(=O)[C@@H]1CC(=O)N(CC(F)(F)F)C1. The molecule has 0 saturated carbocycles. The minimum atomic E-state index is -4.51. The third kappa shape index (κ3) is 5.19. The van der Waals surface area contributed by atoms with E-state index in [-0.39, 0.29) is 19.4 Å². The molecule has 2 N–H and O–H groups in total. The molecule has 0 aromatic rings. The smallest absolute Gasteiger partial charge is 0.406 e. The Balaban J connectivity index is 2.67. The fourth-order valence-corrected chi connectivity index (χ4v) is 2.31. The normalized spacial score (nSPS) is 21.6. The molecule has 1 rings (SSSR count). The van der Waals surface area contributed by atoms with E-state index in [1.165, 1.54) is 0 Å². The van der Waals surface area contributed by atoms with Crippen LogP contribution in [0.1, 0.15) is 33.1 Å². The molecular formula is C13H19F3N2O4. The number of rotatable bonds is 6. The lowest BCUT2D eigenvalue weighted by atomic mass is 9.93. The summed E-state index contributed by atoms with van der Waals surface area (Å²) in [5, 5.41) is 11.4.